The third kappa shape index (κ3) is 5.73. The maximum atomic E-state index is 10.8. The van der Waals surface area contributed by atoms with Crippen molar-refractivity contribution in [2.45, 2.75) is 26.7 Å². The van der Waals surface area contributed by atoms with Gasteiger partial charge in [0.25, 0.3) is 0 Å². The maximum absolute atomic E-state index is 10.8. The minimum Gasteiger partial charge on any atom is -0.508 e. The van der Waals surface area contributed by atoms with Crippen LogP contribution in [0.2, 0.25) is 0 Å². The Morgan fingerprint density at radius 3 is 2.27 bits per heavy atom. The molecule has 0 aromatic heterocycles. The molecule has 0 aliphatic carbocycles. The van der Waals surface area contributed by atoms with Crippen molar-refractivity contribution in [3.8, 4) is 5.75 Å². The molecule has 1 N–H and O–H groups in total. The lowest BCUT2D eigenvalue weighted by Gasteiger charge is -2.00. The first-order chi connectivity index (χ1) is 7.22. The number of esters is 1. The van der Waals surface area contributed by atoms with Crippen LogP contribution in [-0.2, 0) is 16.0 Å². The number of carbonyl (C=O) groups is 1. The topological polar surface area (TPSA) is 46.5 Å². The van der Waals surface area contributed by atoms with Crippen LogP contribution in [0.15, 0.2) is 24.3 Å². The predicted octanol–water partition coefficient (Wildman–Crippen LogP) is 2.52. The van der Waals surface area contributed by atoms with Crippen molar-refractivity contribution < 1.29 is 14.6 Å². The van der Waals surface area contributed by atoms with Gasteiger partial charge in [0.1, 0.15) is 5.75 Å². The van der Waals surface area contributed by atoms with Gasteiger partial charge >= 0.3 is 5.97 Å². The summed E-state index contributed by atoms with van der Waals surface area (Å²) in [4.78, 5) is 10.8. The molecule has 0 fully saturated rings. The van der Waals surface area contributed by atoms with Gasteiger partial charge in [0, 0.05) is 6.42 Å². The summed E-state index contributed by atoms with van der Waals surface area (Å²) in [6, 6.07) is 6.79. The van der Waals surface area contributed by atoms with Gasteiger partial charge < -0.3 is 9.84 Å². The minimum atomic E-state index is -0.215. The number of phenols is 1. The van der Waals surface area contributed by atoms with Gasteiger partial charge in [-0.2, -0.15) is 0 Å². The Morgan fingerprint density at radius 1 is 1.27 bits per heavy atom. The van der Waals surface area contributed by atoms with E-state index in [-0.39, 0.29) is 11.7 Å². The number of methoxy groups -OCH3 is 1. The van der Waals surface area contributed by atoms with E-state index in [0.29, 0.717) is 12.8 Å². The van der Waals surface area contributed by atoms with Gasteiger partial charge in [0.15, 0.2) is 0 Å². The molecule has 3 nitrogen and oxygen atoms in total. The van der Waals surface area contributed by atoms with Gasteiger partial charge in [-0.1, -0.05) is 26.0 Å². The summed E-state index contributed by atoms with van der Waals surface area (Å²) in [5.74, 6) is 0.0230. The second-order valence-electron chi connectivity index (χ2n) is 2.74. The summed E-state index contributed by atoms with van der Waals surface area (Å²) in [6.07, 6.45) is 1.02. The SMILES string of the molecule is CC.COC(=O)CCc1ccc(O)cc1. The predicted molar refractivity (Wildman–Crippen MR) is 59.8 cm³/mol. The fourth-order valence-electron chi connectivity index (χ4n) is 1.01. The molecule has 0 amide bonds. The van der Waals surface area contributed by atoms with Crippen LogP contribution in [0.25, 0.3) is 0 Å². The summed E-state index contributed by atoms with van der Waals surface area (Å²) < 4.78 is 4.51. The third-order valence-corrected chi connectivity index (χ3v) is 1.78. The highest BCUT2D eigenvalue weighted by molar-refractivity contribution is 5.69. The number of aryl methyl sites for hydroxylation is 1. The number of hydrogen-bond acceptors (Lipinski definition) is 3. The number of phenolic OH excluding ortho intramolecular Hbond substituents is 1. The summed E-state index contributed by atoms with van der Waals surface area (Å²) in [6.45, 7) is 4.00. The lowest BCUT2D eigenvalue weighted by molar-refractivity contribution is -0.140. The lowest BCUT2D eigenvalue weighted by Crippen LogP contribution is -2.01. The molecule has 0 bridgehead atoms. The van der Waals surface area contributed by atoms with Crippen LogP contribution < -0.4 is 0 Å². The van der Waals surface area contributed by atoms with E-state index in [1.807, 2.05) is 13.8 Å². The van der Waals surface area contributed by atoms with Crippen molar-refractivity contribution in [2.24, 2.45) is 0 Å². The Kier molecular flexibility index (Phi) is 7.06. The molecule has 1 aromatic rings. The van der Waals surface area contributed by atoms with Gasteiger partial charge in [-0.25, -0.2) is 0 Å². The van der Waals surface area contributed by atoms with E-state index in [2.05, 4.69) is 4.74 Å². The van der Waals surface area contributed by atoms with E-state index >= 15 is 0 Å². The molecule has 1 rings (SSSR count). The summed E-state index contributed by atoms with van der Waals surface area (Å²) in [5, 5.41) is 8.99. The Bertz CT molecular complexity index is 277. The van der Waals surface area contributed by atoms with Gasteiger partial charge in [0.2, 0.25) is 0 Å². The van der Waals surface area contributed by atoms with Crippen LogP contribution >= 0.6 is 0 Å². The van der Waals surface area contributed by atoms with Gasteiger partial charge in [-0.15, -0.1) is 0 Å². The Morgan fingerprint density at radius 2 is 1.80 bits per heavy atom. The average molecular weight is 210 g/mol. The van der Waals surface area contributed by atoms with Crippen LogP contribution in [0.5, 0.6) is 5.75 Å². The van der Waals surface area contributed by atoms with Crippen LogP contribution in [0, 0.1) is 0 Å². The first-order valence-corrected chi connectivity index (χ1v) is 5.07. The molecule has 0 saturated heterocycles. The molecule has 0 atom stereocenters. The standard InChI is InChI=1S/C10H12O3.C2H6/c1-13-10(12)7-4-8-2-5-9(11)6-3-8;1-2/h2-3,5-6,11H,4,7H2,1H3;1-2H3. The van der Waals surface area contributed by atoms with Crippen LogP contribution in [0.1, 0.15) is 25.8 Å². The highest BCUT2D eigenvalue weighted by Crippen LogP contribution is 2.11. The molecular weight excluding hydrogens is 192 g/mol. The Hall–Kier alpha value is -1.51. The van der Waals surface area contributed by atoms with E-state index in [0.717, 1.165) is 5.56 Å². The van der Waals surface area contributed by atoms with Crippen molar-refractivity contribution in [2.75, 3.05) is 7.11 Å². The number of ether oxygens (including phenoxy) is 1. The molecule has 0 unspecified atom stereocenters. The smallest absolute Gasteiger partial charge is 0.305 e. The van der Waals surface area contributed by atoms with Crippen LogP contribution in [0.4, 0.5) is 0 Å². The fourth-order valence-corrected chi connectivity index (χ4v) is 1.01. The monoisotopic (exact) mass is 210 g/mol. The van der Waals surface area contributed by atoms with Gasteiger partial charge in [0.05, 0.1) is 7.11 Å². The summed E-state index contributed by atoms with van der Waals surface area (Å²) in [7, 11) is 1.37. The van der Waals surface area contributed by atoms with Crippen molar-refractivity contribution in [3.05, 3.63) is 29.8 Å². The zero-order valence-electron chi connectivity index (χ0n) is 9.49. The van der Waals surface area contributed by atoms with E-state index in [1.54, 1.807) is 24.3 Å². The van der Waals surface area contributed by atoms with Crippen LogP contribution in [0.3, 0.4) is 0 Å². The molecule has 0 spiro atoms. The van der Waals surface area contributed by atoms with E-state index in [1.165, 1.54) is 7.11 Å². The number of aromatic hydroxyl groups is 1. The summed E-state index contributed by atoms with van der Waals surface area (Å²) >= 11 is 0. The van der Waals surface area contributed by atoms with Crippen molar-refractivity contribution in [1.29, 1.82) is 0 Å². The molecular formula is C12H18O3. The Balaban J connectivity index is 0.000000921. The number of rotatable bonds is 3. The minimum absolute atomic E-state index is 0.215. The molecule has 0 aliphatic heterocycles. The molecule has 0 radical (unpaired) electrons. The highest BCUT2D eigenvalue weighted by Gasteiger charge is 2.00. The van der Waals surface area contributed by atoms with Crippen molar-refractivity contribution in [1.82, 2.24) is 0 Å². The van der Waals surface area contributed by atoms with E-state index in [9.17, 15) is 4.79 Å². The molecule has 0 aliphatic rings. The normalized spacial score (nSPS) is 8.73. The van der Waals surface area contributed by atoms with E-state index in [4.69, 9.17) is 5.11 Å². The molecule has 84 valence electrons. The zero-order valence-corrected chi connectivity index (χ0v) is 9.49. The molecule has 15 heavy (non-hydrogen) atoms. The van der Waals surface area contributed by atoms with Crippen molar-refractivity contribution >= 4 is 5.97 Å². The number of carbonyl (C=O) groups excluding carboxylic acids is 1. The lowest BCUT2D eigenvalue weighted by atomic mass is 10.1. The fraction of sp³-hybridized carbons (Fsp3) is 0.417. The van der Waals surface area contributed by atoms with Gasteiger partial charge in [-0.05, 0) is 24.1 Å². The maximum Gasteiger partial charge on any atom is 0.305 e. The van der Waals surface area contributed by atoms with Crippen LogP contribution in [-0.4, -0.2) is 18.2 Å². The Labute approximate surface area is 90.7 Å². The molecule has 0 saturated carbocycles. The summed E-state index contributed by atoms with van der Waals surface area (Å²) in [5.41, 5.74) is 1.02. The average Bonchev–Trinajstić information content (AvgIpc) is 2.30. The molecule has 3 heteroatoms. The molecule has 1 aromatic carbocycles. The molecule has 0 heterocycles. The first-order valence-electron chi connectivity index (χ1n) is 5.07. The second kappa shape index (κ2) is 7.85. The largest absolute Gasteiger partial charge is 0.508 e. The quantitative estimate of drug-likeness (QED) is 0.780. The zero-order chi connectivity index (χ0) is 11.7. The highest BCUT2D eigenvalue weighted by atomic mass is 16.5. The van der Waals surface area contributed by atoms with Crippen molar-refractivity contribution in [3.63, 3.8) is 0 Å². The second-order valence-corrected chi connectivity index (χ2v) is 2.74. The van der Waals surface area contributed by atoms with E-state index < -0.39 is 0 Å². The third-order valence-electron chi connectivity index (χ3n) is 1.78. The number of hydrogen-bond donors (Lipinski definition) is 1. The number of benzene rings is 1. The first kappa shape index (κ1) is 13.5. The van der Waals surface area contributed by atoms with Gasteiger partial charge in [-0.3, -0.25) is 4.79 Å².